The normalized spacial score (nSPS) is 22.9. The molecule has 1 saturated carbocycles. The first-order valence-electron chi connectivity index (χ1n) is 10.3. The van der Waals surface area contributed by atoms with E-state index in [9.17, 15) is 10.1 Å². The van der Waals surface area contributed by atoms with E-state index in [4.69, 9.17) is 4.74 Å². The molecule has 7 heteroatoms. The monoisotopic (exact) mass is 393 g/mol. The Morgan fingerprint density at radius 3 is 3.00 bits per heavy atom. The van der Waals surface area contributed by atoms with Gasteiger partial charge < -0.3 is 15.4 Å². The Balaban J connectivity index is 1.38. The van der Waals surface area contributed by atoms with Gasteiger partial charge in [0, 0.05) is 29.4 Å². The van der Waals surface area contributed by atoms with Gasteiger partial charge in [-0.2, -0.15) is 10.4 Å². The number of hydrogen-bond acceptors (Lipinski definition) is 5. The van der Waals surface area contributed by atoms with E-state index in [0.29, 0.717) is 5.92 Å². The van der Waals surface area contributed by atoms with Crippen LogP contribution in [0.15, 0.2) is 24.3 Å². The number of carbonyl (C=O) groups excluding carboxylic acids is 1. The zero-order valence-corrected chi connectivity index (χ0v) is 16.9. The number of carbonyl (C=O) groups is 1. The maximum Gasteiger partial charge on any atom is 0.407 e. The number of nitrogens with one attached hydrogen (secondary N) is 3. The van der Waals surface area contributed by atoms with Crippen LogP contribution in [0.4, 0.5) is 16.3 Å². The van der Waals surface area contributed by atoms with Gasteiger partial charge in [0.05, 0.1) is 12.0 Å². The van der Waals surface area contributed by atoms with Crippen LogP contribution in [-0.4, -0.2) is 28.4 Å². The van der Waals surface area contributed by atoms with Crippen molar-refractivity contribution in [3.63, 3.8) is 0 Å². The molecule has 29 heavy (non-hydrogen) atoms. The van der Waals surface area contributed by atoms with Crippen LogP contribution in [0.3, 0.4) is 0 Å². The lowest BCUT2D eigenvalue weighted by Crippen LogP contribution is -2.33. The molecule has 3 atom stereocenters. The third-order valence-corrected chi connectivity index (χ3v) is 5.74. The fraction of sp³-hybridized carbons (Fsp3) is 0.500. The molecule has 1 aromatic heterocycles. The predicted octanol–water partition coefficient (Wildman–Crippen LogP) is 4.16. The number of hydrogen-bond donors (Lipinski definition) is 3. The van der Waals surface area contributed by atoms with Crippen LogP contribution in [0, 0.1) is 17.2 Å². The van der Waals surface area contributed by atoms with Crippen molar-refractivity contribution in [3.8, 4) is 6.07 Å². The fourth-order valence-corrected chi connectivity index (χ4v) is 4.36. The van der Waals surface area contributed by atoms with Crippen molar-refractivity contribution >= 4 is 17.6 Å². The van der Waals surface area contributed by atoms with Crippen LogP contribution in [0.25, 0.3) is 0 Å². The van der Waals surface area contributed by atoms with E-state index in [1.54, 1.807) is 0 Å². The van der Waals surface area contributed by atoms with E-state index in [-0.39, 0.29) is 24.2 Å². The molecule has 1 fully saturated rings. The number of aromatic nitrogens is 2. The lowest BCUT2D eigenvalue weighted by atomic mass is 10.0. The van der Waals surface area contributed by atoms with Gasteiger partial charge in [-0.15, -0.1) is 0 Å². The number of ether oxygens (including phenoxy) is 1. The Morgan fingerprint density at radius 1 is 1.34 bits per heavy atom. The SMILES string of the molecule is CC(C)NC(=O)O[C@@H]1CC[C@H](c2cc(Nc3cccc4c3CC(C#N)C4)n[nH]2)C1. The number of benzene rings is 1. The average molecular weight is 393 g/mol. The first kappa shape index (κ1) is 19.3. The van der Waals surface area contributed by atoms with Gasteiger partial charge >= 0.3 is 6.09 Å². The number of alkyl carbamates (subject to hydrolysis) is 1. The Morgan fingerprint density at radius 2 is 2.21 bits per heavy atom. The van der Waals surface area contributed by atoms with E-state index in [0.717, 1.165) is 49.3 Å². The van der Waals surface area contributed by atoms with E-state index in [2.05, 4.69) is 33.0 Å². The van der Waals surface area contributed by atoms with Crippen molar-refractivity contribution in [2.45, 2.75) is 64.0 Å². The standard InChI is InChI=1S/C22H27N5O2/c1-13(2)24-22(28)29-17-7-6-16(10-17)20-11-21(27-26-20)25-19-5-3-4-15-8-14(12-23)9-18(15)19/h3-5,11,13-14,16-17H,6-10H2,1-2H3,(H,24,28)(H2,25,26,27)/t14?,16-,17+/m0/s1. The highest BCUT2D eigenvalue weighted by Crippen LogP contribution is 2.37. The first-order chi connectivity index (χ1) is 14.0. The summed E-state index contributed by atoms with van der Waals surface area (Å²) in [6.07, 6.45) is 3.83. The minimum absolute atomic E-state index is 0.0567. The molecule has 0 radical (unpaired) electrons. The molecule has 1 unspecified atom stereocenters. The van der Waals surface area contributed by atoms with Crippen LogP contribution in [0.5, 0.6) is 0 Å². The van der Waals surface area contributed by atoms with Gasteiger partial charge in [0.2, 0.25) is 0 Å². The lowest BCUT2D eigenvalue weighted by Gasteiger charge is -2.14. The van der Waals surface area contributed by atoms with Gasteiger partial charge in [0.15, 0.2) is 5.82 Å². The molecule has 0 aliphatic heterocycles. The summed E-state index contributed by atoms with van der Waals surface area (Å²) in [5, 5.41) is 23.0. The molecule has 1 aromatic carbocycles. The number of fused-ring (bicyclic) bond motifs is 1. The molecule has 0 spiro atoms. The van der Waals surface area contributed by atoms with Crippen LogP contribution in [0.1, 0.15) is 55.8 Å². The van der Waals surface area contributed by atoms with Gasteiger partial charge in [0.1, 0.15) is 6.10 Å². The number of rotatable bonds is 5. The lowest BCUT2D eigenvalue weighted by molar-refractivity contribution is 0.0981. The highest BCUT2D eigenvalue weighted by molar-refractivity contribution is 5.67. The molecule has 2 aliphatic carbocycles. The first-order valence-corrected chi connectivity index (χ1v) is 10.3. The van der Waals surface area contributed by atoms with Gasteiger partial charge in [-0.25, -0.2) is 4.79 Å². The van der Waals surface area contributed by atoms with Crippen LogP contribution >= 0.6 is 0 Å². The summed E-state index contributed by atoms with van der Waals surface area (Å²) in [5.41, 5.74) is 4.54. The Kier molecular flexibility index (Phi) is 5.43. The smallest absolute Gasteiger partial charge is 0.407 e. The number of nitrogens with zero attached hydrogens (tertiary/aromatic N) is 2. The van der Waals surface area contributed by atoms with Crippen molar-refractivity contribution in [3.05, 3.63) is 41.1 Å². The van der Waals surface area contributed by atoms with Crippen molar-refractivity contribution in [2.75, 3.05) is 5.32 Å². The van der Waals surface area contributed by atoms with Crippen LogP contribution in [0.2, 0.25) is 0 Å². The number of anilines is 2. The predicted molar refractivity (Wildman–Crippen MR) is 110 cm³/mol. The van der Waals surface area contributed by atoms with Gasteiger partial charge in [-0.05, 0) is 63.1 Å². The fourth-order valence-electron chi connectivity index (χ4n) is 4.36. The minimum Gasteiger partial charge on any atom is -0.446 e. The Bertz CT molecular complexity index is 930. The van der Waals surface area contributed by atoms with Crippen LogP contribution in [-0.2, 0) is 17.6 Å². The second-order valence-electron chi connectivity index (χ2n) is 8.35. The molecule has 7 nitrogen and oxygen atoms in total. The van der Waals surface area contributed by atoms with E-state index < -0.39 is 0 Å². The second-order valence-corrected chi connectivity index (χ2v) is 8.35. The largest absolute Gasteiger partial charge is 0.446 e. The number of amides is 1. The van der Waals surface area contributed by atoms with Crippen molar-refractivity contribution in [1.29, 1.82) is 5.26 Å². The van der Waals surface area contributed by atoms with E-state index in [1.165, 1.54) is 11.1 Å². The Labute approximate surface area is 170 Å². The summed E-state index contributed by atoms with van der Waals surface area (Å²) in [4.78, 5) is 11.8. The van der Waals surface area contributed by atoms with Gasteiger partial charge in [-0.1, -0.05) is 12.1 Å². The van der Waals surface area contributed by atoms with Crippen molar-refractivity contribution in [2.24, 2.45) is 5.92 Å². The Hall–Kier alpha value is -3.01. The molecule has 0 saturated heterocycles. The molecule has 2 aromatic rings. The summed E-state index contributed by atoms with van der Waals surface area (Å²) in [6.45, 7) is 3.83. The quantitative estimate of drug-likeness (QED) is 0.708. The molecular weight excluding hydrogens is 366 g/mol. The highest BCUT2D eigenvalue weighted by Gasteiger charge is 2.30. The zero-order chi connectivity index (χ0) is 20.4. The summed E-state index contributed by atoms with van der Waals surface area (Å²) >= 11 is 0. The molecule has 2 aliphatic rings. The number of nitriles is 1. The molecule has 0 bridgehead atoms. The molecule has 3 N–H and O–H groups in total. The topological polar surface area (TPSA) is 103 Å². The third-order valence-electron chi connectivity index (χ3n) is 5.74. The summed E-state index contributed by atoms with van der Waals surface area (Å²) in [6, 6.07) is 10.7. The zero-order valence-electron chi connectivity index (χ0n) is 16.9. The number of aromatic amines is 1. The molecular formula is C22H27N5O2. The van der Waals surface area contributed by atoms with Crippen molar-refractivity contribution in [1.82, 2.24) is 15.5 Å². The molecule has 1 amide bonds. The van der Waals surface area contributed by atoms with Crippen molar-refractivity contribution < 1.29 is 9.53 Å². The van der Waals surface area contributed by atoms with Gasteiger partial charge in [0.25, 0.3) is 0 Å². The number of H-pyrrole nitrogens is 1. The molecule has 1 heterocycles. The maximum absolute atomic E-state index is 11.8. The maximum atomic E-state index is 11.8. The van der Waals surface area contributed by atoms with E-state index >= 15 is 0 Å². The summed E-state index contributed by atoms with van der Waals surface area (Å²) in [5.74, 6) is 1.14. The van der Waals surface area contributed by atoms with Crippen LogP contribution < -0.4 is 10.6 Å². The third kappa shape index (κ3) is 4.37. The minimum atomic E-state index is -0.341. The summed E-state index contributed by atoms with van der Waals surface area (Å²) < 4.78 is 5.52. The highest BCUT2D eigenvalue weighted by atomic mass is 16.6. The molecule has 152 valence electrons. The van der Waals surface area contributed by atoms with Gasteiger partial charge in [-0.3, -0.25) is 5.10 Å². The molecule has 4 rings (SSSR count). The second kappa shape index (κ2) is 8.16. The van der Waals surface area contributed by atoms with E-state index in [1.807, 2.05) is 32.0 Å². The average Bonchev–Trinajstić information content (AvgIpc) is 3.40. The summed E-state index contributed by atoms with van der Waals surface area (Å²) in [7, 11) is 0.